The Kier molecular flexibility index (Phi) is 3.24. The molecule has 0 aromatic heterocycles. The van der Waals surface area contributed by atoms with Gasteiger partial charge in [0.1, 0.15) is 12.0 Å². The summed E-state index contributed by atoms with van der Waals surface area (Å²) in [7, 11) is -4.31. The topological polar surface area (TPSA) is 80.7 Å². The number of rotatable bonds is 2. The summed E-state index contributed by atoms with van der Waals surface area (Å²) in [5, 5.41) is 0. The Hall–Kier alpha value is -0.920. The summed E-state index contributed by atoms with van der Waals surface area (Å²) >= 11 is 3.26. The van der Waals surface area contributed by atoms with Gasteiger partial charge in [-0.15, -0.1) is 0 Å². The molecule has 0 bridgehead atoms. The van der Waals surface area contributed by atoms with Crippen molar-refractivity contribution < 1.29 is 22.5 Å². The molecular formula is C10H9BrO5S. The smallest absolute Gasteiger partial charge is 0.303 e. The number of carbonyl (C=O) groups is 1. The van der Waals surface area contributed by atoms with Gasteiger partial charge in [0.2, 0.25) is 5.44 Å². The van der Waals surface area contributed by atoms with Crippen LogP contribution in [0.15, 0.2) is 22.7 Å². The summed E-state index contributed by atoms with van der Waals surface area (Å²) in [4.78, 5) is 11.0. The maximum atomic E-state index is 11.0. The third kappa shape index (κ3) is 2.51. The Morgan fingerprint density at radius 2 is 2.18 bits per heavy atom. The van der Waals surface area contributed by atoms with Crippen LogP contribution < -0.4 is 4.74 Å². The maximum absolute atomic E-state index is 11.0. The molecule has 1 aromatic rings. The lowest BCUT2D eigenvalue weighted by Gasteiger charge is -2.27. The fourth-order valence-corrected chi connectivity index (χ4v) is 2.81. The summed E-state index contributed by atoms with van der Waals surface area (Å²) in [5.41, 5.74) is -0.763. The van der Waals surface area contributed by atoms with Gasteiger partial charge in [0.25, 0.3) is 0 Å². The van der Waals surface area contributed by atoms with Crippen LogP contribution >= 0.6 is 15.9 Å². The minimum atomic E-state index is -4.31. The second kappa shape index (κ2) is 4.40. The summed E-state index contributed by atoms with van der Waals surface area (Å²) < 4.78 is 37.0. The number of fused-ring (bicyclic) bond motifs is 1. The largest absolute Gasteiger partial charge is 0.472 e. The van der Waals surface area contributed by atoms with E-state index in [9.17, 15) is 13.2 Å². The van der Waals surface area contributed by atoms with Crippen LogP contribution in [0.3, 0.4) is 0 Å². The first-order chi connectivity index (χ1) is 7.91. The molecule has 17 heavy (non-hydrogen) atoms. The highest BCUT2D eigenvalue weighted by Crippen LogP contribution is 2.37. The van der Waals surface area contributed by atoms with Gasteiger partial charge in [-0.25, -0.2) is 0 Å². The summed E-state index contributed by atoms with van der Waals surface area (Å²) in [5.74, 6) is -0.289. The fourth-order valence-electron chi connectivity index (χ4n) is 1.75. The zero-order valence-electron chi connectivity index (χ0n) is 8.54. The van der Waals surface area contributed by atoms with E-state index in [1.165, 1.54) is 0 Å². The van der Waals surface area contributed by atoms with Crippen LogP contribution in [0.1, 0.15) is 17.9 Å². The van der Waals surface area contributed by atoms with Crippen LogP contribution in [0.5, 0.6) is 5.75 Å². The van der Waals surface area contributed by atoms with Gasteiger partial charge in [-0.05, 0) is 18.2 Å². The number of ether oxygens (including phenoxy) is 1. The molecule has 0 spiro atoms. The molecule has 2 atom stereocenters. The molecular weight excluding hydrogens is 312 g/mol. The molecule has 92 valence electrons. The number of hydrogen-bond donors (Lipinski definition) is 1. The standard InChI is InChI=1S/C10H9BrO5S/c11-7-1-2-9-8(4-7)6(5-12)3-10(16-9)17(13,14)15/h1-2,4-6,10H,3H2,(H,13,14,15). The van der Waals surface area contributed by atoms with Crippen LogP contribution in [0.4, 0.5) is 0 Å². The zero-order chi connectivity index (χ0) is 12.6. The molecule has 1 aliphatic rings. The van der Waals surface area contributed by atoms with E-state index in [2.05, 4.69) is 15.9 Å². The summed E-state index contributed by atoms with van der Waals surface area (Å²) in [6, 6.07) is 4.94. The molecule has 5 nitrogen and oxygen atoms in total. The number of benzene rings is 1. The van der Waals surface area contributed by atoms with Crippen LogP contribution in [0.2, 0.25) is 0 Å². The maximum Gasteiger partial charge on any atom is 0.303 e. The van der Waals surface area contributed by atoms with Gasteiger partial charge in [-0.1, -0.05) is 15.9 Å². The number of carbonyl (C=O) groups excluding carboxylic acids is 1. The molecule has 0 saturated heterocycles. The van der Waals surface area contributed by atoms with Gasteiger partial charge < -0.3 is 9.53 Å². The Balaban J connectivity index is 2.46. The van der Waals surface area contributed by atoms with Crippen molar-refractivity contribution in [1.82, 2.24) is 0 Å². The second-order valence-electron chi connectivity index (χ2n) is 3.72. The van der Waals surface area contributed by atoms with Gasteiger partial charge in [0.15, 0.2) is 0 Å². The number of hydrogen-bond acceptors (Lipinski definition) is 4. The molecule has 1 N–H and O–H groups in total. The van der Waals surface area contributed by atoms with Crippen molar-refractivity contribution in [1.29, 1.82) is 0 Å². The van der Waals surface area contributed by atoms with Crippen molar-refractivity contribution in [3.8, 4) is 5.75 Å². The van der Waals surface area contributed by atoms with Gasteiger partial charge in [-0.3, -0.25) is 4.55 Å². The Bertz CT molecular complexity index is 554. The van der Waals surface area contributed by atoms with E-state index in [-0.39, 0.29) is 6.42 Å². The highest BCUT2D eigenvalue weighted by Gasteiger charge is 2.35. The molecule has 0 fully saturated rings. The molecule has 0 radical (unpaired) electrons. The van der Waals surface area contributed by atoms with Gasteiger partial charge in [0, 0.05) is 22.4 Å². The second-order valence-corrected chi connectivity index (χ2v) is 6.19. The minimum absolute atomic E-state index is 0.0776. The quantitative estimate of drug-likeness (QED) is 0.663. The Morgan fingerprint density at radius 3 is 2.76 bits per heavy atom. The van der Waals surface area contributed by atoms with E-state index in [0.29, 0.717) is 17.6 Å². The van der Waals surface area contributed by atoms with Crippen molar-refractivity contribution in [3.63, 3.8) is 0 Å². The van der Waals surface area contributed by atoms with Crippen molar-refractivity contribution in [2.24, 2.45) is 0 Å². The third-order valence-electron chi connectivity index (χ3n) is 2.57. The minimum Gasteiger partial charge on any atom is -0.472 e. The van der Waals surface area contributed by atoms with E-state index >= 15 is 0 Å². The van der Waals surface area contributed by atoms with Crippen LogP contribution in [0.25, 0.3) is 0 Å². The molecule has 1 aliphatic heterocycles. The van der Waals surface area contributed by atoms with E-state index < -0.39 is 21.5 Å². The Labute approximate surface area is 107 Å². The van der Waals surface area contributed by atoms with Crippen molar-refractivity contribution in [3.05, 3.63) is 28.2 Å². The predicted octanol–water partition coefficient (Wildman–Crippen LogP) is 1.73. The van der Waals surface area contributed by atoms with Gasteiger partial charge in [0.05, 0.1) is 0 Å². The van der Waals surface area contributed by atoms with Crippen molar-refractivity contribution in [2.45, 2.75) is 17.8 Å². The third-order valence-corrected chi connectivity index (χ3v) is 4.02. The van der Waals surface area contributed by atoms with Crippen LogP contribution in [-0.4, -0.2) is 24.7 Å². The monoisotopic (exact) mass is 320 g/mol. The lowest BCUT2D eigenvalue weighted by molar-refractivity contribution is -0.109. The van der Waals surface area contributed by atoms with Crippen molar-refractivity contribution >= 4 is 32.3 Å². The first kappa shape index (κ1) is 12.5. The average molecular weight is 321 g/mol. The predicted molar refractivity (Wildman–Crippen MR) is 63.5 cm³/mol. The van der Waals surface area contributed by atoms with Crippen LogP contribution in [-0.2, 0) is 14.9 Å². The Morgan fingerprint density at radius 1 is 1.47 bits per heavy atom. The SMILES string of the molecule is O=CC1CC(S(=O)(=O)O)Oc2ccc(Br)cc21. The molecule has 0 amide bonds. The van der Waals surface area contributed by atoms with Crippen molar-refractivity contribution in [2.75, 3.05) is 0 Å². The highest BCUT2D eigenvalue weighted by atomic mass is 79.9. The number of aldehydes is 1. The molecule has 2 unspecified atom stereocenters. The van der Waals surface area contributed by atoms with E-state index in [1.807, 2.05) is 0 Å². The first-order valence-corrected chi connectivity index (χ1v) is 7.09. The molecule has 2 rings (SSSR count). The van der Waals surface area contributed by atoms with E-state index in [4.69, 9.17) is 9.29 Å². The zero-order valence-corrected chi connectivity index (χ0v) is 10.9. The highest BCUT2D eigenvalue weighted by molar-refractivity contribution is 9.10. The van der Waals surface area contributed by atoms with E-state index in [0.717, 1.165) is 4.47 Å². The number of halogens is 1. The van der Waals surface area contributed by atoms with Crippen LogP contribution in [0, 0.1) is 0 Å². The fraction of sp³-hybridized carbons (Fsp3) is 0.300. The average Bonchev–Trinajstić information content (AvgIpc) is 2.26. The molecule has 7 heteroatoms. The molecule has 0 aliphatic carbocycles. The first-order valence-electron chi connectivity index (χ1n) is 4.79. The molecule has 1 heterocycles. The summed E-state index contributed by atoms with van der Waals surface area (Å²) in [6.45, 7) is 0. The molecule has 0 saturated carbocycles. The lowest BCUT2D eigenvalue weighted by Crippen LogP contribution is -2.33. The normalized spacial score (nSPS) is 23.6. The van der Waals surface area contributed by atoms with Gasteiger partial charge in [-0.2, -0.15) is 8.42 Å². The summed E-state index contributed by atoms with van der Waals surface area (Å²) in [6.07, 6.45) is 0.581. The lowest BCUT2D eigenvalue weighted by atomic mass is 9.94. The molecule has 1 aromatic carbocycles. The van der Waals surface area contributed by atoms with Gasteiger partial charge >= 0.3 is 10.1 Å². The van der Waals surface area contributed by atoms with E-state index in [1.54, 1.807) is 18.2 Å².